The Morgan fingerprint density at radius 2 is 1.78 bits per heavy atom. The Hall–Kier alpha value is -3.48. The number of benzene rings is 2. The van der Waals surface area contributed by atoms with Gasteiger partial charge in [-0.25, -0.2) is 0 Å². The lowest BCUT2D eigenvalue weighted by molar-refractivity contribution is -0.151. The molecule has 1 amide bonds. The number of para-hydroxylation sites is 1. The van der Waals surface area contributed by atoms with Crippen LogP contribution in [0.3, 0.4) is 0 Å². The van der Waals surface area contributed by atoms with Gasteiger partial charge in [-0.3, -0.25) is 9.59 Å². The number of piperidine rings is 1. The number of hydrogen-bond acceptors (Lipinski definition) is 5. The summed E-state index contributed by atoms with van der Waals surface area (Å²) in [5.41, 5.74) is 3.19. The molecule has 0 radical (unpaired) electrons. The van der Waals surface area contributed by atoms with Gasteiger partial charge in [0, 0.05) is 55.1 Å². The first-order chi connectivity index (χ1) is 17.5. The highest BCUT2D eigenvalue weighted by Crippen LogP contribution is 2.38. The van der Waals surface area contributed by atoms with Gasteiger partial charge in [-0.2, -0.15) is 0 Å². The predicted octanol–water partition coefficient (Wildman–Crippen LogP) is 5.00. The Balaban J connectivity index is 1.72. The van der Waals surface area contributed by atoms with E-state index in [4.69, 9.17) is 14.2 Å². The number of ether oxygens (including phenoxy) is 3. The van der Waals surface area contributed by atoms with Crippen molar-refractivity contribution >= 4 is 22.8 Å². The summed E-state index contributed by atoms with van der Waals surface area (Å²) in [5, 5.41) is 1.13. The van der Waals surface area contributed by atoms with Crippen molar-refractivity contribution in [1.82, 2.24) is 9.47 Å². The topological polar surface area (TPSA) is 70.0 Å². The highest BCUT2D eigenvalue weighted by Gasteiger charge is 2.32. The summed E-state index contributed by atoms with van der Waals surface area (Å²) >= 11 is 0. The molecule has 0 unspecified atom stereocenters. The molecular weight excluding hydrogens is 456 g/mol. The third kappa shape index (κ3) is 5.35. The number of likely N-dealkylation sites (tertiary alicyclic amines) is 1. The van der Waals surface area contributed by atoms with Crippen molar-refractivity contribution in [2.75, 3.05) is 33.9 Å². The van der Waals surface area contributed by atoms with E-state index in [1.165, 1.54) is 0 Å². The molecule has 1 saturated heterocycles. The van der Waals surface area contributed by atoms with Crippen LogP contribution in [0.25, 0.3) is 10.9 Å². The van der Waals surface area contributed by atoms with E-state index in [2.05, 4.69) is 29.8 Å². The number of nitrogens with zero attached hydrogens (tertiary/aromatic N) is 2. The average Bonchev–Trinajstić information content (AvgIpc) is 3.30. The summed E-state index contributed by atoms with van der Waals surface area (Å²) in [4.78, 5) is 27.9. The fourth-order valence-corrected chi connectivity index (χ4v) is 5.21. The number of carbonyl (C=O) groups excluding carboxylic acids is 2. The molecule has 192 valence electrons. The van der Waals surface area contributed by atoms with Gasteiger partial charge >= 0.3 is 5.97 Å². The van der Waals surface area contributed by atoms with Crippen LogP contribution in [0.5, 0.6) is 11.5 Å². The van der Waals surface area contributed by atoms with E-state index in [0.29, 0.717) is 31.2 Å². The van der Waals surface area contributed by atoms with Gasteiger partial charge in [-0.1, -0.05) is 18.2 Å². The number of carbonyl (C=O) groups is 2. The standard InChI is InChI=1S/C29H36N2O5/c1-5-30-19-26(24-11-7-8-12-27(24)30)25(21-14-22(34-3)16-23(15-21)35-4)17-28(32)31-13-9-10-20(18-31)29(33)36-6-2/h7-8,11-12,14-16,19-20,25H,5-6,9-10,13,17-18H2,1-4H3/t20-,25-/m1/s1. The Kier molecular flexibility index (Phi) is 8.18. The highest BCUT2D eigenvalue weighted by molar-refractivity contribution is 5.87. The van der Waals surface area contributed by atoms with E-state index in [9.17, 15) is 9.59 Å². The van der Waals surface area contributed by atoms with Crippen LogP contribution < -0.4 is 9.47 Å². The van der Waals surface area contributed by atoms with Crippen molar-refractivity contribution in [1.29, 1.82) is 0 Å². The smallest absolute Gasteiger partial charge is 0.310 e. The molecule has 1 fully saturated rings. The molecule has 0 aliphatic carbocycles. The summed E-state index contributed by atoms with van der Waals surface area (Å²) in [5.74, 6) is 0.712. The number of hydrogen-bond donors (Lipinski definition) is 0. The van der Waals surface area contributed by atoms with E-state index >= 15 is 0 Å². The molecule has 1 aliphatic heterocycles. The molecule has 1 aromatic heterocycles. The van der Waals surface area contributed by atoms with Gasteiger partial charge in [0.25, 0.3) is 0 Å². The molecule has 4 rings (SSSR count). The molecule has 2 atom stereocenters. The first-order valence-corrected chi connectivity index (χ1v) is 12.7. The second-order valence-corrected chi connectivity index (χ2v) is 9.22. The van der Waals surface area contributed by atoms with Crippen molar-refractivity contribution in [2.45, 2.75) is 45.6 Å². The van der Waals surface area contributed by atoms with Gasteiger partial charge in [0.1, 0.15) is 11.5 Å². The van der Waals surface area contributed by atoms with E-state index in [1.807, 2.05) is 42.2 Å². The summed E-state index contributed by atoms with van der Waals surface area (Å²) in [6.07, 6.45) is 3.99. The molecule has 0 bridgehead atoms. The maximum atomic E-state index is 13.7. The zero-order chi connectivity index (χ0) is 25.7. The quantitative estimate of drug-likeness (QED) is 0.393. The summed E-state index contributed by atoms with van der Waals surface area (Å²) < 4.78 is 18.6. The van der Waals surface area contributed by atoms with Crippen LogP contribution in [0.4, 0.5) is 0 Å². The highest BCUT2D eigenvalue weighted by atomic mass is 16.5. The maximum Gasteiger partial charge on any atom is 0.310 e. The lowest BCUT2D eigenvalue weighted by atomic mass is 9.87. The second kappa shape index (κ2) is 11.5. The van der Waals surface area contributed by atoms with Crippen LogP contribution in [-0.2, 0) is 20.9 Å². The fraction of sp³-hybridized carbons (Fsp3) is 0.448. The van der Waals surface area contributed by atoms with Crippen LogP contribution in [0, 0.1) is 5.92 Å². The number of amides is 1. The zero-order valence-electron chi connectivity index (χ0n) is 21.7. The summed E-state index contributed by atoms with van der Waals surface area (Å²) in [6.45, 7) is 6.17. The van der Waals surface area contributed by atoms with Gasteiger partial charge in [0.05, 0.1) is 26.7 Å². The van der Waals surface area contributed by atoms with E-state index in [1.54, 1.807) is 14.2 Å². The Morgan fingerprint density at radius 3 is 2.44 bits per heavy atom. The van der Waals surface area contributed by atoms with E-state index in [-0.39, 0.29) is 30.1 Å². The van der Waals surface area contributed by atoms with Gasteiger partial charge < -0.3 is 23.7 Å². The first-order valence-electron chi connectivity index (χ1n) is 12.7. The van der Waals surface area contributed by atoms with Gasteiger partial charge in [-0.15, -0.1) is 0 Å². The van der Waals surface area contributed by atoms with Crippen molar-refractivity contribution < 1.29 is 23.8 Å². The van der Waals surface area contributed by atoms with Crippen LogP contribution >= 0.6 is 0 Å². The second-order valence-electron chi connectivity index (χ2n) is 9.22. The van der Waals surface area contributed by atoms with Crippen LogP contribution in [0.1, 0.15) is 50.2 Å². The molecule has 7 heteroatoms. The molecule has 1 aliphatic rings. The average molecular weight is 493 g/mol. The molecule has 3 aromatic rings. The van der Waals surface area contributed by atoms with Gasteiger partial charge in [0.15, 0.2) is 0 Å². The number of aromatic nitrogens is 1. The van der Waals surface area contributed by atoms with Gasteiger partial charge in [0.2, 0.25) is 5.91 Å². The number of esters is 1. The van der Waals surface area contributed by atoms with Crippen LogP contribution in [0.2, 0.25) is 0 Å². The number of methoxy groups -OCH3 is 2. The maximum absolute atomic E-state index is 13.7. The Morgan fingerprint density at radius 1 is 1.06 bits per heavy atom. The molecule has 7 nitrogen and oxygen atoms in total. The molecule has 0 spiro atoms. The zero-order valence-corrected chi connectivity index (χ0v) is 21.7. The van der Waals surface area contributed by atoms with Crippen LogP contribution in [-0.4, -0.2) is 55.3 Å². The molecule has 2 aromatic carbocycles. The predicted molar refractivity (Wildman–Crippen MR) is 140 cm³/mol. The SMILES string of the molecule is CCOC(=O)[C@@H]1CCCN(C(=O)C[C@H](c2cc(OC)cc(OC)c2)c2cn(CC)c3ccccc23)C1. The lowest BCUT2D eigenvalue weighted by Crippen LogP contribution is -2.43. The van der Waals surface area contributed by atoms with Crippen molar-refractivity contribution in [3.8, 4) is 11.5 Å². The molecule has 0 saturated carbocycles. The van der Waals surface area contributed by atoms with Gasteiger partial charge in [-0.05, 0) is 56.0 Å². The van der Waals surface area contributed by atoms with E-state index < -0.39 is 0 Å². The molecule has 2 heterocycles. The van der Waals surface area contributed by atoms with Crippen LogP contribution in [0.15, 0.2) is 48.7 Å². The number of rotatable bonds is 9. The number of fused-ring (bicyclic) bond motifs is 1. The minimum absolute atomic E-state index is 0.0316. The minimum Gasteiger partial charge on any atom is -0.497 e. The van der Waals surface area contributed by atoms with Crippen molar-refractivity contribution in [3.63, 3.8) is 0 Å². The van der Waals surface area contributed by atoms with Crippen molar-refractivity contribution in [2.24, 2.45) is 5.92 Å². The summed E-state index contributed by atoms with van der Waals surface area (Å²) in [7, 11) is 3.26. The monoisotopic (exact) mass is 492 g/mol. The lowest BCUT2D eigenvalue weighted by Gasteiger charge is -2.32. The third-order valence-electron chi connectivity index (χ3n) is 7.08. The largest absolute Gasteiger partial charge is 0.497 e. The fourth-order valence-electron chi connectivity index (χ4n) is 5.21. The first kappa shape index (κ1) is 25.6. The molecule has 0 N–H and O–H groups in total. The molecular formula is C29H36N2O5. The Labute approximate surface area is 212 Å². The minimum atomic E-state index is -0.264. The normalized spacial score (nSPS) is 16.6. The van der Waals surface area contributed by atoms with E-state index in [0.717, 1.165) is 41.4 Å². The molecule has 36 heavy (non-hydrogen) atoms. The Bertz CT molecular complexity index is 1200. The number of aryl methyl sites for hydroxylation is 1. The summed E-state index contributed by atoms with van der Waals surface area (Å²) in [6, 6.07) is 14.1. The van der Waals surface area contributed by atoms with Crippen molar-refractivity contribution in [3.05, 3.63) is 59.8 Å². The third-order valence-corrected chi connectivity index (χ3v) is 7.08.